The van der Waals surface area contributed by atoms with E-state index in [1.54, 1.807) is 18.7 Å². The highest BCUT2D eigenvalue weighted by atomic mass is 32.2. The molecule has 158 valence electrons. The standard InChI is InChI=1S/C20H27N3O5S/c1-5-27-17-10-8-16(9-11-17)18-7-6-12-23(18)20(24)14(3)22-29(25,26)19-13(2)21-28-15(19)4/h8-11,14,18,22H,5-7,12H2,1-4H3/t14-,18?/m0/s1. The summed E-state index contributed by atoms with van der Waals surface area (Å²) in [7, 11) is -3.92. The summed E-state index contributed by atoms with van der Waals surface area (Å²) >= 11 is 0. The van der Waals surface area contributed by atoms with E-state index >= 15 is 0 Å². The Bertz CT molecular complexity index is 949. The van der Waals surface area contributed by atoms with Crippen LogP contribution < -0.4 is 9.46 Å². The number of likely N-dealkylation sites (tertiary alicyclic amines) is 1. The topological polar surface area (TPSA) is 102 Å². The Morgan fingerprint density at radius 1 is 1.34 bits per heavy atom. The highest BCUT2D eigenvalue weighted by Gasteiger charge is 2.35. The minimum atomic E-state index is -3.92. The highest BCUT2D eigenvalue weighted by molar-refractivity contribution is 7.89. The van der Waals surface area contributed by atoms with E-state index in [1.165, 1.54) is 6.92 Å². The van der Waals surface area contributed by atoms with Crippen molar-refractivity contribution in [3.8, 4) is 5.75 Å². The number of benzene rings is 1. The summed E-state index contributed by atoms with van der Waals surface area (Å²) in [5.41, 5.74) is 1.28. The third-order valence-corrected chi connectivity index (χ3v) is 6.83. The molecule has 0 saturated carbocycles. The molecule has 1 fully saturated rings. The normalized spacial score (nSPS) is 18.1. The monoisotopic (exact) mass is 421 g/mol. The molecule has 1 aromatic carbocycles. The van der Waals surface area contributed by atoms with Crippen LogP contribution in [0, 0.1) is 13.8 Å². The van der Waals surface area contributed by atoms with Crippen molar-refractivity contribution in [2.45, 2.75) is 57.5 Å². The second-order valence-electron chi connectivity index (χ2n) is 7.19. The maximum Gasteiger partial charge on any atom is 0.246 e. The van der Waals surface area contributed by atoms with Gasteiger partial charge in [-0.15, -0.1) is 0 Å². The van der Waals surface area contributed by atoms with Crippen LogP contribution in [0.15, 0.2) is 33.7 Å². The maximum absolute atomic E-state index is 13.1. The van der Waals surface area contributed by atoms with Gasteiger partial charge in [0.25, 0.3) is 0 Å². The zero-order valence-corrected chi connectivity index (χ0v) is 18.0. The lowest BCUT2D eigenvalue weighted by molar-refractivity contribution is -0.133. The van der Waals surface area contributed by atoms with Crippen LogP contribution >= 0.6 is 0 Å². The van der Waals surface area contributed by atoms with Gasteiger partial charge in [0.2, 0.25) is 15.9 Å². The summed E-state index contributed by atoms with van der Waals surface area (Å²) in [5, 5.41) is 3.68. The second-order valence-corrected chi connectivity index (χ2v) is 8.84. The average Bonchev–Trinajstić information content (AvgIpc) is 3.28. The number of aromatic nitrogens is 1. The van der Waals surface area contributed by atoms with Gasteiger partial charge in [-0.3, -0.25) is 4.79 Å². The molecular weight excluding hydrogens is 394 g/mol. The van der Waals surface area contributed by atoms with Crippen molar-refractivity contribution in [2.75, 3.05) is 13.2 Å². The first kappa shape index (κ1) is 21.3. The van der Waals surface area contributed by atoms with Gasteiger partial charge in [0, 0.05) is 6.54 Å². The Balaban J connectivity index is 1.74. The average molecular weight is 422 g/mol. The van der Waals surface area contributed by atoms with Crippen LogP contribution in [-0.2, 0) is 14.8 Å². The number of hydrogen-bond acceptors (Lipinski definition) is 6. The largest absolute Gasteiger partial charge is 0.494 e. The number of aryl methyl sites for hydroxylation is 2. The second kappa shape index (κ2) is 8.54. The number of sulfonamides is 1. The lowest BCUT2D eigenvalue weighted by atomic mass is 10.0. The minimum absolute atomic E-state index is 0.0124. The first-order valence-corrected chi connectivity index (χ1v) is 11.2. The van der Waals surface area contributed by atoms with Gasteiger partial charge in [-0.2, -0.15) is 4.72 Å². The molecule has 1 saturated heterocycles. The van der Waals surface area contributed by atoms with Gasteiger partial charge < -0.3 is 14.2 Å². The SMILES string of the molecule is CCOc1ccc(C2CCCN2C(=O)[C@H](C)NS(=O)(=O)c2c(C)noc2C)cc1. The zero-order chi connectivity index (χ0) is 21.2. The van der Waals surface area contributed by atoms with Crippen molar-refractivity contribution in [2.24, 2.45) is 0 Å². The van der Waals surface area contributed by atoms with E-state index in [0.29, 0.717) is 13.2 Å². The van der Waals surface area contributed by atoms with Crippen molar-refractivity contribution >= 4 is 15.9 Å². The predicted octanol–water partition coefficient (Wildman–Crippen LogP) is 2.72. The molecule has 0 aliphatic carbocycles. The van der Waals surface area contributed by atoms with Gasteiger partial charge >= 0.3 is 0 Å². The van der Waals surface area contributed by atoms with Gasteiger partial charge in [-0.05, 0) is 58.2 Å². The molecule has 1 aliphatic heterocycles. The first-order valence-electron chi connectivity index (χ1n) is 9.73. The lowest BCUT2D eigenvalue weighted by Gasteiger charge is -2.28. The number of rotatable bonds is 7. The summed E-state index contributed by atoms with van der Waals surface area (Å²) < 4.78 is 38.3. The van der Waals surface area contributed by atoms with E-state index in [4.69, 9.17) is 9.26 Å². The van der Waals surface area contributed by atoms with Crippen LogP contribution in [0.5, 0.6) is 5.75 Å². The quantitative estimate of drug-likeness (QED) is 0.738. The van der Waals surface area contributed by atoms with Gasteiger partial charge in [-0.25, -0.2) is 8.42 Å². The molecule has 1 aromatic heterocycles. The van der Waals surface area contributed by atoms with Crippen molar-refractivity contribution < 1.29 is 22.5 Å². The van der Waals surface area contributed by atoms with E-state index < -0.39 is 16.1 Å². The Labute approximate surface area is 171 Å². The smallest absolute Gasteiger partial charge is 0.246 e. The van der Waals surface area contributed by atoms with Crippen LogP contribution in [0.3, 0.4) is 0 Å². The van der Waals surface area contributed by atoms with Gasteiger partial charge in [0.15, 0.2) is 5.76 Å². The number of hydrogen-bond donors (Lipinski definition) is 1. The number of nitrogens with zero attached hydrogens (tertiary/aromatic N) is 2. The van der Waals surface area contributed by atoms with E-state index in [0.717, 1.165) is 24.2 Å². The van der Waals surface area contributed by atoms with E-state index in [2.05, 4.69) is 9.88 Å². The predicted molar refractivity (Wildman–Crippen MR) is 107 cm³/mol. The molecule has 0 spiro atoms. The molecule has 8 nitrogen and oxygen atoms in total. The minimum Gasteiger partial charge on any atom is -0.494 e. The summed E-state index contributed by atoms with van der Waals surface area (Å²) in [6, 6.07) is 6.72. The third kappa shape index (κ3) is 4.45. The Kier molecular flexibility index (Phi) is 6.28. The third-order valence-electron chi connectivity index (χ3n) is 5.05. The Hall–Kier alpha value is -2.39. The number of carbonyl (C=O) groups excluding carboxylic acids is 1. The van der Waals surface area contributed by atoms with Crippen LogP contribution in [0.4, 0.5) is 0 Å². The fraction of sp³-hybridized carbons (Fsp3) is 0.500. The van der Waals surface area contributed by atoms with Crippen LogP contribution in [0.25, 0.3) is 0 Å². The molecule has 0 radical (unpaired) electrons. The molecule has 0 bridgehead atoms. The zero-order valence-electron chi connectivity index (χ0n) is 17.1. The van der Waals surface area contributed by atoms with Gasteiger partial charge in [0.05, 0.1) is 18.7 Å². The van der Waals surface area contributed by atoms with Crippen LogP contribution in [0.2, 0.25) is 0 Å². The van der Waals surface area contributed by atoms with Crippen molar-refractivity contribution in [3.05, 3.63) is 41.3 Å². The van der Waals surface area contributed by atoms with Crippen LogP contribution in [0.1, 0.15) is 49.7 Å². The Morgan fingerprint density at radius 2 is 2.03 bits per heavy atom. The molecule has 1 amide bonds. The summed E-state index contributed by atoms with van der Waals surface area (Å²) in [5.74, 6) is 0.729. The molecule has 2 heterocycles. The molecule has 2 aromatic rings. The van der Waals surface area contributed by atoms with Crippen molar-refractivity contribution in [1.29, 1.82) is 0 Å². The van der Waals surface area contributed by atoms with E-state index in [-0.39, 0.29) is 28.3 Å². The lowest BCUT2D eigenvalue weighted by Crippen LogP contribution is -2.46. The highest BCUT2D eigenvalue weighted by Crippen LogP contribution is 2.33. The van der Waals surface area contributed by atoms with E-state index in [9.17, 15) is 13.2 Å². The molecule has 3 rings (SSSR count). The van der Waals surface area contributed by atoms with Crippen molar-refractivity contribution in [3.63, 3.8) is 0 Å². The fourth-order valence-electron chi connectivity index (χ4n) is 3.78. The molecule has 9 heteroatoms. The summed E-state index contributed by atoms with van der Waals surface area (Å²) in [6.45, 7) is 7.76. The summed E-state index contributed by atoms with van der Waals surface area (Å²) in [6.07, 6.45) is 1.70. The molecule has 1 aliphatic rings. The number of carbonyl (C=O) groups is 1. The van der Waals surface area contributed by atoms with Gasteiger partial charge in [0.1, 0.15) is 16.3 Å². The van der Waals surface area contributed by atoms with Crippen LogP contribution in [-0.4, -0.2) is 43.6 Å². The summed E-state index contributed by atoms with van der Waals surface area (Å²) in [4.78, 5) is 14.8. The molecule has 1 unspecified atom stereocenters. The molecule has 29 heavy (non-hydrogen) atoms. The van der Waals surface area contributed by atoms with Crippen molar-refractivity contribution in [1.82, 2.24) is 14.8 Å². The molecule has 1 N–H and O–H groups in total. The number of nitrogens with one attached hydrogen (secondary N) is 1. The Morgan fingerprint density at radius 3 is 2.62 bits per heavy atom. The fourth-order valence-corrected chi connectivity index (χ4v) is 5.30. The number of ether oxygens (including phenoxy) is 1. The number of amides is 1. The van der Waals surface area contributed by atoms with Gasteiger partial charge in [-0.1, -0.05) is 17.3 Å². The maximum atomic E-state index is 13.1. The molecule has 2 atom stereocenters. The first-order chi connectivity index (χ1) is 13.7. The molecular formula is C20H27N3O5S. The van der Waals surface area contributed by atoms with E-state index in [1.807, 2.05) is 31.2 Å².